The molecule has 3 amide bonds. The Balaban J connectivity index is 2.18. The second-order valence-corrected chi connectivity index (χ2v) is 6.57. The number of nitrogens with two attached hydrogens (primary N) is 1. The number of ether oxygens (including phenoxy) is 1. The number of morpholine rings is 1. The summed E-state index contributed by atoms with van der Waals surface area (Å²) in [5, 5.41) is 2.07. The van der Waals surface area contributed by atoms with Gasteiger partial charge in [-0.3, -0.25) is 19.3 Å². The second-order valence-electron chi connectivity index (χ2n) is 6.57. The Morgan fingerprint density at radius 1 is 1.10 bits per heavy atom. The number of carbonyl (C=O) groups excluding carboxylic acids is 3. The van der Waals surface area contributed by atoms with Gasteiger partial charge >= 0.3 is 12.4 Å². The molecule has 0 radical (unpaired) electrons. The highest BCUT2D eigenvalue weighted by Crippen LogP contribution is 2.25. The van der Waals surface area contributed by atoms with Crippen LogP contribution in [0, 0.1) is 0 Å². The molecule has 0 saturated carbocycles. The summed E-state index contributed by atoms with van der Waals surface area (Å²) < 4.78 is 81.3. The first-order valence-electron chi connectivity index (χ1n) is 8.73. The van der Waals surface area contributed by atoms with Gasteiger partial charge in [-0.1, -0.05) is 0 Å². The molecule has 0 unspecified atom stereocenters. The minimum Gasteiger partial charge on any atom is -0.370 e. The maximum atomic E-state index is 12.7. The van der Waals surface area contributed by atoms with E-state index < -0.39 is 48.2 Å². The molecule has 1 heterocycles. The van der Waals surface area contributed by atoms with Crippen molar-refractivity contribution in [1.29, 1.82) is 0 Å². The zero-order valence-corrected chi connectivity index (χ0v) is 15.8. The number of nitrogens with one attached hydrogen (secondary N) is 1. The molecule has 14 heteroatoms. The average Bonchev–Trinajstić information content (AvgIpc) is 2.60. The lowest BCUT2D eigenvalue weighted by atomic mass is 10.2. The van der Waals surface area contributed by atoms with Crippen molar-refractivity contribution >= 4 is 29.1 Å². The molecule has 0 spiro atoms. The van der Waals surface area contributed by atoms with Crippen LogP contribution >= 0.6 is 0 Å². The predicted molar refractivity (Wildman–Crippen MR) is 94.9 cm³/mol. The molecular formula is C17H18F6N4O4. The van der Waals surface area contributed by atoms with Crippen molar-refractivity contribution < 1.29 is 45.5 Å². The van der Waals surface area contributed by atoms with Crippen LogP contribution in [0.3, 0.4) is 0 Å². The van der Waals surface area contributed by atoms with E-state index in [0.717, 1.165) is 0 Å². The predicted octanol–water partition coefficient (Wildman–Crippen LogP) is 1.27. The third-order valence-corrected chi connectivity index (χ3v) is 4.08. The Hall–Kier alpha value is -2.87. The molecule has 31 heavy (non-hydrogen) atoms. The fourth-order valence-corrected chi connectivity index (χ4v) is 2.90. The van der Waals surface area contributed by atoms with Gasteiger partial charge in [-0.25, -0.2) is 0 Å². The Bertz CT molecular complexity index is 796. The smallest absolute Gasteiger partial charge is 0.370 e. The maximum absolute atomic E-state index is 12.7. The molecule has 1 aromatic rings. The Morgan fingerprint density at radius 2 is 1.65 bits per heavy atom. The van der Waals surface area contributed by atoms with Gasteiger partial charge in [-0.15, -0.1) is 0 Å². The van der Waals surface area contributed by atoms with Gasteiger partial charge in [0.15, 0.2) is 6.04 Å². The quantitative estimate of drug-likeness (QED) is 0.475. The van der Waals surface area contributed by atoms with E-state index in [1.54, 1.807) is 0 Å². The highest BCUT2D eigenvalue weighted by Gasteiger charge is 2.44. The summed E-state index contributed by atoms with van der Waals surface area (Å²) in [6, 6.07) is 2.82. The minimum absolute atomic E-state index is 0.0281. The van der Waals surface area contributed by atoms with Gasteiger partial charge in [0.05, 0.1) is 19.7 Å². The van der Waals surface area contributed by atoms with E-state index in [4.69, 9.17) is 10.5 Å². The monoisotopic (exact) mass is 456 g/mol. The van der Waals surface area contributed by atoms with Crippen LogP contribution in [0.15, 0.2) is 24.3 Å². The van der Waals surface area contributed by atoms with E-state index in [2.05, 4.69) is 5.32 Å². The molecule has 0 aromatic heterocycles. The highest BCUT2D eigenvalue weighted by molar-refractivity contribution is 6.09. The first-order chi connectivity index (χ1) is 14.3. The number of hydrogen-bond donors (Lipinski definition) is 2. The number of hydrogen-bond acceptors (Lipinski definition) is 5. The molecule has 1 saturated heterocycles. The molecule has 0 aliphatic carbocycles. The molecule has 172 valence electrons. The summed E-state index contributed by atoms with van der Waals surface area (Å²) in [6.07, 6.45) is -10.2. The van der Waals surface area contributed by atoms with Gasteiger partial charge in [0.2, 0.25) is 5.91 Å². The molecule has 1 atom stereocenters. The summed E-state index contributed by atoms with van der Waals surface area (Å²) in [7, 11) is 0. The third kappa shape index (κ3) is 7.40. The Labute approximate surface area is 171 Å². The molecule has 2 rings (SSSR count). The average molecular weight is 456 g/mol. The number of primary amides is 1. The largest absolute Gasteiger partial charge is 0.401 e. The molecule has 0 bridgehead atoms. The maximum Gasteiger partial charge on any atom is 0.401 e. The van der Waals surface area contributed by atoms with Crippen LogP contribution in [0.5, 0.6) is 0 Å². The number of carbonyl (C=O) groups is 3. The zero-order valence-electron chi connectivity index (χ0n) is 15.8. The number of rotatable bonds is 7. The summed E-state index contributed by atoms with van der Waals surface area (Å²) in [4.78, 5) is 36.7. The van der Waals surface area contributed by atoms with Crippen molar-refractivity contribution in [3.8, 4) is 0 Å². The van der Waals surface area contributed by atoms with Gasteiger partial charge in [0, 0.05) is 17.9 Å². The SMILES string of the molecule is NC(=O)[C@H](C(=O)Nc1ccc(N2CCOCC2=O)cc1)N(CC(F)(F)F)CC(F)(F)F. The highest BCUT2D eigenvalue weighted by atomic mass is 19.4. The number of benzene rings is 1. The first-order valence-corrected chi connectivity index (χ1v) is 8.73. The summed E-state index contributed by atoms with van der Waals surface area (Å²) in [5.74, 6) is -3.45. The molecule has 1 fully saturated rings. The normalized spacial score (nSPS) is 16.4. The number of halogens is 6. The molecule has 1 aliphatic heterocycles. The van der Waals surface area contributed by atoms with Crippen molar-refractivity contribution in [3.05, 3.63) is 24.3 Å². The Morgan fingerprint density at radius 3 is 2.10 bits per heavy atom. The van der Waals surface area contributed by atoms with E-state index in [1.165, 1.54) is 29.2 Å². The minimum atomic E-state index is -5.12. The molecule has 3 N–H and O–H groups in total. The summed E-state index contributed by atoms with van der Waals surface area (Å²) in [6.45, 7) is -3.89. The number of alkyl halides is 6. The first kappa shape index (κ1) is 24.4. The lowest BCUT2D eigenvalue weighted by Gasteiger charge is -2.30. The second kappa shape index (κ2) is 9.51. The van der Waals surface area contributed by atoms with E-state index in [1.807, 2.05) is 0 Å². The van der Waals surface area contributed by atoms with Crippen molar-refractivity contribution in [2.24, 2.45) is 5.73 Å². The van der Waals surface area contributed by atoms with Crippen molar-refractivity contribution in [2.45, 2.75) is 18.4 Å². The molecular weight excluding hydrogens is 438 g/mol. The summed E-state index contributed by atoms with van der Waals surface area (Å²) in [5.41, 5.74) is 5.35. The number of amides is 3. The van der Waals surface area contributed by atoms with E-state index >= 15 is 0 Å². The van der Waals surface area contributed by atoms with Crippen molar-refractivity contribution in [1.82, 2.24) is 4.90 Å². The zero-order chi connectivity index (χ0) is 23.4. The van der Waals surface area contributed by atoms with E-state index in [0.29, 0.717) is 12.3 Å². The third-order valence-electron chi connectivity index (χ3n) is 4.08. The molecule has 8 nitrogen and oxygen atoms in total. The number of anilines is 2. The van der Waals surface area contributed by atoms with Crippen LogP contribution in [0.4, 0.5) is 37.7 Å². The topological polar surface area (TPSA) is 105 Å². The van der Waals surface area contributed by atoms with Crippen LogP contribution in [0.25, 0.3) is 0 Å². The van der Waals surface area contributed by atoms with Crippen LogP contribution in [0.1, 0.15) is 0 Å². The van der Waals surface area contributed by atoms with E-state index in [-0.39, 0.29) is 24.7 Å². The molecule has 1 aromatic carbocycles. The lowest BCUT2D eigenvalue weighted by Crippen LogP contribution is -2.56. The fraction of sp³-hybridized carbons (Fsp3) is 0.471. The van der Waals surface area contributed by atoms with Crippen LogP contribution in [0.2, 0.25) is 0 Å². The van der Waals surface area contributed by atoms with Crippen molar-refractivity contribution in [2.75, 3.05) is 43.1 Å². The van der Waals surface area contributed by atoms with Crippen LogP contribution in [-0.4, -0.2) is 73.9 Å². The fourth-order valence-electron chi connectivity index (χ4n) is 2.90. The summed E-state index contributed by atoms with van der Waals surface area (Å²) >= 11 is 0. The van der Waals surface area contributed by atoms with Crippen LogP contribution in [-0.2, 0) is 19.1 Å². The van der Waals surface area contributed by atoms with Gasteiger partial charge in [0.1, 0.15) is 6.61 Å². The lowest BCUT2D eigenvalue weighted by molar-refractivity contribution is -0.187. The van der Waals surface area contributed by atoms with E-state index in [9.17, 15) is 40.7 Å². The standard InChI is InChI=1S/C17H18F6N4O4/c18-16(19,20)8-26(9-17(21,22)23)13(14(24)29)15(30)25-10-1-3-11(4-2-10)27-5-6-31-7-12(27)28/h1-4,13H,5-9H2,(H2,24,29)(H,25,30)/t13-/m1/s1. The van der Waals surface area contributed by atoms with Gasteiger partial charge < -0.3 is 20.7 Å². The van der Waals surface area contributed by atoms with Gasteiger partial charge in [-0.2, -0.15) is 26.3 Å². The number of nitrogens with zero attached hydrogens (tertiary/aromatic N) is 2. The van der Waals surface area contributed by atoms with Crippen LogP contribution < -0.4 is 16.0 Å². The van der Waals surface area contributed by atoms with Crippen molar-refractivity contribution in [3.63, 3.8) is 0 Å². The van der Waals surface area contributed by atoms with Gasteiger partial charge in [0.25, 0.3) is 11.8 Å². The van der Waals surface area contributed by atoms with Gasteiger partial charge in [-0.05, 0) is 24.3 Å². The molecule has 1 aliphatic rings. The Kier molecular flexibility index (Phi) is 7.49.